The molecule has 0 spiro atoms. The first-order valence-electron chi connectivity index (χ1n) is 9.40. The highest BCUT2D eigenvalue weighted by molar-refractivity contribution is 7.89. The topological polar surface area (TPSA) is 119 Å². The van der Waals surface area contributed by atoms with Gasteiger partial charge in [-0.1, -0.05) is 42.5 Å². The second-order valence-electron chi connectivity index (χ2n) is 6.92. The number of carbonyl (C=O) groups excluding carboxylic acids is 2. The first-order valence-corrected chi connectivity index (χ1v) is 10.9. The van der Waals surface area contributed by atoms with Gasteiger partial charge in [0.2, 0.25) is 10.0 Å². The molecule has 10 heteroatoms. The van der Waals surface area contributed by atoms with Gasteiger partial charge in [0.15, 0.2) is 12.5 Å². The highest BCUT2D eigenvalue weighted by Gasteiger charge is 2.34. The number of ether oxygens (including phenoxy) is 1. The van der Waals surface area contributed by atoms with Crippen LogP contribution in [0.15, 0.2) is 70.2 Å². The van der Waals surface area contributed by atoms with E-state index >= 15 is 0 Å². The second-order valence-corrected chi connectivity index (χ2v) is 8.63. The number of oxazole rings is 1. The van der Waals surface area contributed by atoms with E-state index in [1.807, 2.05) is 0 Å². The number of amides is 2. The molecule has 3 aromatic rings. The summed E-state index contributed by atoms with van der Waals surface area (Å²) in [5, 5.41) is 0. The van der Waals surface area contributed by atoms with Crippen LogP contribution in [0.2, 0.25) is 0 Å². The van der Waals surface area contributed by atoms with E-state index in [2.05, 4.69) is 9.71 Å². The average molecular weight is 441 g/mol. The van der Waals surface area contributed by atoms with Gasteiger partial charge in [-0.2, -0.15) is 0 Å². The molecule has 160 valence electrons. The van der Waals surface area contributed by atoms with Crippen molar-refractivity contribution in [2.75, 3.05) is 13.2 Å². The van der Waals surface area contributed by atoms with Crippen LogP contribution in [0.4, 0.5) is 4.79 Å². The fraction of sp³-hybridized carbons (Fsp3) is 0.190. The molecule has 0 unspecified atom stereocenters. The van der Waals surface area contributed by atoms with E-state index in [4.69, 9.17) is 9.15 Å². The van der Waals surface area contributed by atoms with Crippen LogP contribution >= 0.6 is 0 Å². The molecule has 1 saturated heterocycles. The highest BCUT2D eigenvalue weighted by Crippen LogP contribution is 2.23. The van der Waals surface area contributed by atoms with Gasteiger partial charge in [0.1, 0.15) is 12.0 Å². The first kappa shape index (κ1) is 20.8. The maximum atomic E-state index is 13.0. The van der Waals surface area contributed by atoms with Crippen molar-refractivity contribution in [3.8, 4) is 11.3 Å². The molecule has 31 heavy (non-hydrogen) atoms. The maximum absolute atomic E-state index is 13.0. The number of carbonyl (C=O) groups is 2. The van der Waals surface area contributed by atoms with Crippen LogP contribution < -0.4 is 4.72 Å². The molecule has 2 heterocycles. The van der Waals surface area contributed by atoms with Crippen LogP contribution in [0.3, 0.4) is 0 Å². The summed E-state index contributed by atoms with van der Waals surface area (Å²) in [6.45, 7) is 1.18. The number of nitrogens with zero attached hydrogens (tertiary/aromatic N) is 2. The highest BCUT2D eigenvalue weighted by atomic mass is 32.2. The van der Waals surface area contributed by atoms with E-state index in [1.165, 1.54) is 18.4 Å². The zero-order valence-corrected chi connectivity index (χ0v) is 17.3. The fourth-order valence-corrected chi connectivity index (χ4v) is 4.41. The minimum atomic E-state index is -3.96. The van der Waals surface area contributed by atoms with Crippen molar-refractivity contribution < 1.29 is 27.2 Å². The van der Waals surface area contributed by atoms with Crippen LogP contribution in [0, 0.1) is 6.92 Å². The number of benzene rings is 2. The third kappa shape index (κ3) is 4.49. The van der Waals surface area contributed by atoms with E-state index in [0.717, 1.165) is 4.90 Å². The summed E-state index contributed by atoms with van der Waals surface area (Å²) in [4.78, 5) is 29.0. The lowest BCUT2D eigenvalue weighted by Crippen LogP contribution is -2.40. The fourth-order valence-electron chi connectivity index (χ4n) is 3.19. The van der Waals surface area contributed by atoms with Crippen LogP contribution in [0.1, 0.15) is 17.5 Å². The maximum Gasteiger partial charge on any atom is 0.417 e. The van der Waals surface area contributed by atoms with Gasteiger partial charge in [-0.25, -0.2) is 27.8 Å². The molecule has 4 rings (SSSR count). The number of aromatic nitrogens is 1. The first-order chi connectivity index (χ1) is 14.8. The van der Waals surface area contributed by atoms with Crippen molar-refractivity contribution in [3.05, 3.63) is 72.3 Å². The van der Waals surface area contributed by atoms with E-state index in [-0.39, 0.29) is 18.0 Å². The minimum Gasteiger partial charge on any atom is -0.449 e. The summed E-state index contributed by atoms with van der Waals surface area (Å²) in [7, 11) is -3.96. The van der Waals surface area contributed by atoms with Gasteiger partial charge in [0.05, 0.1) is 17.5 Å². The largest absolute Gasteiger partial charge is 0.449 e. The van der Waals surface area contributed by atoms with Crippen molar-refractivity contribution in [2.45, 2.75) is 17.9 Å². The van der Waals surface area contributed by atoms with E-state index in [0.29, 0.717) is 22.7 Å². The number of imide groups is 1. The Bertz CT molecular complexity index is 1190. The van der Waals surface area contributed by atoms with Crippen LogP contribution in [0.5, 0.6) is 0 Å². The molecule has 2 aromatic carbocycles. The standard InChI is InChI=1S/C21H19N3O6S/c1-14-22-19(12-29-14)16-7-9-17(10-8-16)31(27,28)23-18(15-5-3-2-4-6-15)11-24-20(25)13-30-21(24)26/h2-10,12,18,23H,11,13H2,1H3/t18-/m1/s1. The summed E-state index contributed by atoms with van der Waals surface area (Å²) in [6, 6.07) is 14.0. The molecule has 2 amide bonds. The number of hydrogen-bond acceptors (Lipinski definition) is 7. The number of hydrogen-bond donors (Lipinski definition) is 1. The van der Waals surface area contributed by atoms with Crippen molar-refractivity contribution >= 4 is 22.0 Å². The predicted molar refractivity (Wildman–Crippen MR) is 109 cm³/mol. The van der Waals surface area contributed by atoms with Crippen molar-refractivity contribution in [1.82, 2.24) is 14.6 Å². The third-order valence-corrected chi connectivity index (χ3v) is 6.27. The van der Waals surface area contributed by atoms with Crippen molar-refractivity contribution in [2.24, 2.45) is 0 Å². The molecule has 0 aliphatic carbocycles. The molecule has 1 N–H and O–H groups in total. The Morgan fingerprint density at radius 3 is 2.39 bits per heavy atom. The molecule has 1 aliphatic rings. The van der Waals surface area contributed by atoms with Gasteiger partial charge >= 0.3 is 6.09 Å². The Kier molecular flexibility index (Phi) is 5.57. The van der Waals surface area contributed by atoms with Gasteiger partial charge < -0.3 is 9.15 Å². The molecule has 0 saturated carbocycles. The summed E-state index contributed by atoms with van der Waals surface area (Å²) in [5.74, 6) is -0.00792. The van der Waals surface area contributed by atoms with Gasteiger partial charge in [-0.15, -0.1) is 0 Å². The van der Waals surface area contributed by atoms with Gasteiger partial charge in [0, 0.05) is 12.5 Å². The Labute approximate surface area is 178 Å². The molecule has 9 nitrogen and oxygen atoms in total. The number of rotatable bonds is 7. The Morgan fingerprint density at radius 2 is 1.81 bits per heavy atom. The lowest BCUT2D eigenvalue weighted by Gasteiger charge is -2.22. The Hall–Kier alpha value is -3.50. The van der Waals surface area contributed by atoms with Gasteiger partial charge in [-0.05, 0) is 17.7 Å². The number of cyclic esters (lactones) is 1. The molecule has 0 bridgehead atoms. The molecule has 1 aliphatic heterocycles. The lowest BCUT2D eigenvalue weighted by atomic mass is 10.1. The van der Waals surface area contributed by atoms with E-state index < -0.39 is 28.1 Å². The molecule has 1 fully saturated rings. The van der Waals surface area contributed by atoms with E-state index in [1.54, 1.807) is 49.4 Å². The average Bonchev–Trinajstić information content (AvgIpc) is 3.34. The number of aryl methyl sites for hydroxylation is 1. The van der Waals surface area contributed by atoms with Crippen molar-refractivity contribution in [1.29, 1.82) is 0 Å². The van der Waals surface area contributed by atoms with Crippen LogP contribution in [-0.4, -0.2) is 43.5 Å². The van der Waals surface area contributed by atoms with Gasteiger partial charge in [0.25, 0.3) is 5.91 Å². The molecule has 1 atom stereocenters. The third-order valence-electron chi connectivity index (χ3n) is 4.78. The molecular formula is C21H19N3O6S. The van der Waals surface area contributed by atoms with Crippen LogP contribution in [-0.2, 0) is 19.6 Å². The zero-order chi connectivity index (χ0) is 22.0. The quantitative estimate of drug-likeness (QED) is 0.599. The summed E-state index contributed by atoms with van der Waals surface area (Å²) in [5.41, 5.74) is 1.91. The Morgan fingerprint density at radius 1 is 1.10 bits per heavy atom. The minimum absolute atomic E-state index is 0.0349. The molecule has 1 aromatic heterocycles. The lowest BCUT2D eigenvalue weighted by molar-refractivity contribution is -0.126. The number of sulfonamides is 1. The summed E-state index contributed by atoms with van der Waals surface area (Å²) >= 11 is 0. The molecule has 0 radical (unpaired) electrons. The van der Waals surface area contributed by atoms with Crippen LogP contribution in [0.25, 0.3) is 11.3 Å². The number of nitrogens with one attached hydrogen (secondary N) is 1. The predicted octanol–water partition coefficient (Wildman–Crippen LogP) is 2.65. The van der Waals surface area contributed by atoms with E-state index in [9.17, 15) is 18.0 Å². The normalized spacial score (nSPS) is 15.2. The summed E-state index contributed by atoms with van der Waals surface area (Å²) in [6.07, 6.45) is 0.701. The monoisotopic (exact) mass is 441 g/mol. The molecular weight excluding hydrogens is 422 g/mol. The second kappa shape index (κ2) is 8.32. The Balaban J connectivity index is 1.59. The summed E-state index contributed by atoms with van der Waals surface area (Å²) < 4.78 is 38.6. The van der Waals surface area contributed by atoms with Gasteiger partial charge in [-0.3, -0.25) is 4.79 Å². The zero-order valence-electron chi connectivity index (χ0n) is 16.5. The SMILES string of the molecule is Cc1nc(-c2ccc(S(=O)(=O)N[C@H](CN3C(=O)COC3=O)c3ccccc3)cc2)co1. The smallest absolute Gasteiger partial charge is 0.417 e. The van der Waals surface area contributed by atoms with Crippen molar-refractivity contribution in [3.63, 3.8) is 0 Å².